The van der Waals surface area contributed by atoms with Crippen molar-refractivity contribution in [2.75, 3.05) is 17.6 Å². The second kappa shape index (κ2) is 6.84. The van der Waals surface area contributed by atoms with Crippen LogP contribution in [0.3, 0.4) is 0 Å². The molecule has 0 bridgehead atoms. The Balaban J connectivity index is 2.64. The fourth-order valence-electron chi connectivity index (χ4n) is 2.06. The molecule has 20 heavy (non-hydrogen) atoms. The summed E-state index contributed by atoms with van der Waals surface area (Å²) in [5, 5.41) is 13.2. The van der Waals surface area contributed by atoms with Gasteiger partial charge in [-0.3, -0.25) is 0 Å². The van der Waals surface area contributed by atoms with Crippen LogP contribution in [0.2, 0.25) is 0 Å². The van der Waals surface area contributed by atoms with Gasteiger partial charge in [0.2, 0.25) is 0 Å². The van der Waals surface area contributed by atoms with Crippen molar-refractivity contribution in [3.63, 3.8) is 0 Å². The highest BCUT2D eigenvalue weighted by Gasteiger charge is 2.17. The molecule has 4 heteroatoms. The number of anilines is 2. The molecule has 0 aliphatic carbocycles. The third kappa shape index (κ3) is 5.70. The van der Waals surface area contributed by atoms with Gasteiger partial charge in [-0.1, -0.05) is 26.8 Å². The number of aliphatic hydroxyl groups excluding tert-OH is 1. The van der Waals surface area contributed by atoms with Crippen molar-refractivity contribution in [3.05, 3.63) is 18.2 Å². The standard InChI is InChI=1S/C16H28N2O2/c1-11(2)20-14-8-6-7-13(15(14)17)18-10-12(19)9-16(3,4)5/h6-8,11-12,18-19H,9-10,17H2,1-5H3. The summed E-state index contributed by atoms with van der Waals surface area (Å²) in [7, 11) is 0. The van der Waals surface area contributed by atoms with Crippen LogP contribution >= 0.6 is 0 Å². The zero-order chi connectivity index (χ0) is 15.3. The second-order valence-electron chi connectivity index (χ2n) is 6.68. The lowest BCUT2D eigenvalue weighted by molar-refractivity contribution is 0.132. The van der Waals surface area contributed by atoms with Crippen molar-refractivity contribution in [1.29, 1.82) is 0 Å². The maximum atomic E-state index is 10.0. The lowest BCUT2D eigenvalue weighted by Gasteiger charge is -2.23. The van der Waals surface area contributed by atoms with Crippen molar-refractivity contribution in [2.24, 2.45) is 5.41 Å². The fraction of sp³-hybridized carbons (Fsp3) is 0.625. The van der Waals surface area contributed by atoms with Gasteiger partial charge in [0.1, 0.15) is 5.75 Å². The summed E-state index contributed by atoms with van der Waals surface area (Å²) in [6.45, 7) is 10.7. The molecule has 0 aromatic heterocycles. The summed E-state index contributed by atoms with van der Waals surface area (Å²) in [6.07, 6.45) is 0.422. The summed E-state index contributed by atoms with van der Waals surface area (Å²) < 4.78 is 5.65. The van der Waals surface area contributed by atoms with E-state index in [1.165, 1.54) is 0 Å². The maximum absolute atomic E-state index is 10.0. The predicted octanol–water partition coefficient (Wildman–Crippen LogP) is 3.27. The number of ether oxygens (including phenoxy) is 1. The Morgan fingerprint density at radius 3 is 2.50 bits per heavy atom. The van der Waals surface area contributed by atoms with E-state index in [9.17, 15) is 5.11 Å². The largest absolute Gasteiger partial charge is 0.489 e. The third-order valence-electron chi connectivity index (χ3n) is 2.80. The predicted molar refractivity (Wildman–Crippen MR) is 85.2 cm³/mol. The maximum Gasteiger partial charge on any atom is 0.144 e. The molecule has 0 saturated carbocycles. The van der Waals surface area contributed by atoms with Crippen LogP contribution in [0.5, 0.6) is 5.75 Å². The van der Waals surface area contributed by atoms with Gasteiger partial charge >= 0.3 is 0 Å². The van der Waals surface area contributed by atoms with E-state index in [-0.39, 0.29) is 11.5 Å². The van der Waals surface area contributed by atoms with Gasteiger partial charge in [-0.2, -0.15) is 0 Å². The Hall–Kier alpha value is -1.42. The van der Waals surface area contributed by atoms with E-state index < -0.39 is 6.10 Å². The molecule has 0 radical (unpaired) electrons. The SMILES string of the molecule is CC(C)Oc1cccc(NCC(O)CC(C)(C)C)c1N. The van der Waals surface area contributed by atoms with Crippen LogP contribution in [-0.2, 0) is 0 Å². The Labute approximate surface area is 122 Å². The molecule has 114 valence electrons. The first-order chi connectivity index (χ1) is 9.19. The number of hydrogen-bond donors (Lipinski definition) is 3. The zero-order valence-corrected chi connectivity index (χ0v) is 13.2. The Morgan fingerprint density at radius 1 is 1.30 bits per heavy atom. The topological polar surface area (TPSA) is 67.5 Å². The Bertz CT molecular complexity index is 425. The highest BCUT2D eigenvalue weighted by atomic mass is 16.5. The first-order valence-corrected chi connectivity index (χ1v) is 7.16. The average molecular weight is 280 g/mol. The molecule has 0 heterocycles. The highest BCUT2D eigenvalue weighted by molar-refractivity contribution is 5.72. The summed E-state index contributed by atoms with van der Waals surface area (Å²) in [6, 6.07) is 5.64. The quantitative estimate of drug-likeness (QED) is 0.700. The Kier molecular flexibility index (Phi) is 5.69. The molecule has 1 rings (SSSR count). The molecule has 0 aliphatic heterocycles. The fourth-order valence-corrected chi connectivity index (χ4v) is 2.06. The molecule has 4 N–H and O–H groups in total. The summed E-state index contributed by atoms with van der Waals surface area (Å²) >= 11 is 0. The number of aliphatic hydroxyl groups is 1. The first-order valence-electron chi connectivity index (χ1n) is 7.16. The second-order valence-corrected chi connectivity index (χ2v) is 6.68. The number of nitrogens with one attached hydrogen (secondary N) is 1. The molecule has 0 aliphatic rings. The summed E-state index contributed by atoms with van der Waals surface area (Å²) in [5.74, 6) is 0.676. The van der Waals surface area contributed by atoms with Gasteiger partial charge in [-0.25, -0.2) is 0 Å². The van der Waals surface area contributed by atoms with E-state index in [1.807, 2.05) is 32.0 Å². The summed E-state index contributed by atoms with van der Waals surface area (Å²) in [4.78, 5) is 0. The van der Waals surface area contributed by atoms with E-state index in [4.69, 9.17) is 10.5 Å². The van der Waals surface area contributed by atoms with Crippen LogP contribution in [-0.4, -0.2) is 23.9 Å². The molecule has 1 unspecified atom stereocenters. The van der Waals surface area contributed by atoms with Crippen molar-refractivity contribution in [1.82, 2.24) is 0 Å². The summed E-state index contributed by atoms with van der Waals surface area (Å²) in [5.41, 5.74) is 7.57. The van der Waals surface area contributed by atoms with E-state index in [1.54, 1.807) is 0 Å². The van der Waals surface area contributed by atoms with E-state index in [0.717, 1.165) is 12.1 Å². The van der Waals surface area contributed by atoms with Crippen LogP contribution < -0.4 is 15.8 Å². The van der Waals surface area contributed by atoms with Gasteiger partial charge in [-0.05, 0) is 37.8 Å². The van der Waals surface area contributed by atoms with Crippen LogP contribution in [0.25, 0.3) is 0 Å². The van der Waals surface area contributed by atoms with Gasteiger partial charge in [-0.15, -0.1) is 0 Å². The highest BCUT2D eigenvalue weighted by Crippen LogP contribution is 2.30. The number of benzene rings is 1. The van der Waals surface area contributed by atoms with E-state index in [0.29, 0.717) is 18.0 Å². The molecule has 0 spiro atoms. The van der Waals surface area contributed by atoms with Crippen molar-refractivity contribution < 1.29 is 9.84 Å². The molecule has 0 fully saturated rings. The molecule has 1 aromatic carbocycles. The number of nitrogen functional groups attached to an aromatic ring is 1. The van der Waals surface area contributed by atoms with Crippen molar-refractivity contribution >= 4 is 11.4 Å². The minimum absolute atomic E-state index is 0.0824. The number of rotatable bonds is 6. The smallest absolute Gasteiger partial charge is 0.144 e. The normalized spacial score (nSPS) is 13.3. The minimum atomic E-state index is -0.399. The molecule has 4 nitrogen and oxygen atoms in total. The molecule has 1 atom stereocenters. The van der Waals surface area contributed by atoms with Crippen molar-refractivity contribution in [3.8, 4) is 5.75 Å². The van der Waals surface area contributed by atoms with E-state index in [2.05, 4.69) is 26.1 Å². The monoisotopic (exact) mass is 280 g/mol. The van der Waals surface area contributed by atoms with Gasteiger partial charge in [0.25, 0.3) is 0 Å². The first kappa shape index (κ1) is 16.6. The van der Waals surface area contributed by atoms with E-state index >= 15 is 0 Å². The minimum Gasteiger partial charge on any atom is -0.489 e. The number of para-hydroxylation sites is 1. The van der Waals surface area contributed by atoms with Gasteiger partial charge < -0.3 is 20.9 Å². The average Bonchev–Trinajstić information content (AvgIpc) is 2.27. The lowest BCUT2D eigenvalue weighted by Crippen LogP contribution is -2.25. The molecular formula is C16H28N2O2. The van der Waals surface area contributed by atoms with Crippen LogP contribution in [0.15, 0.2) is 18.2 Å². The molecule has 0 saturated heterocycles. The van der Waals surface area contributed by atoms with Gasteiger partial charge in [0, 0.05) is 6.54 Å². The number of nitrogens with two attached hydrogens (primary N) is 1. The molecule has 0 amide bonds. The zero-order valence-electron chi connectivity index (χ0n) is 13.2. The third-order valence-corrected chi connectivity index (χ3v) is 2.80. The van der Waals surface area contributed by atoms with Gasteiger partial charge in [0.05, 0.1) is 23.6 Å². The Morgan fingerprint density at radius 2 is 1.95 bits per heavy atom. The molecular weight excluding hydrogens is 252 g/mol. The molecule has 1 aromatic rings. The van der Waals surface area contributed by atoms with Gasteiger partial charge in [0.15, 0.2) is 0 Å². The van der Waals surface area contributed by atoms with Crippen LogP contribution in [0, 0.1) is 5.41 Å². The lowest BCUT2D eigenvalue weighted by atomic mass is 9.89. The van der Waals surface area contributed by atoms with Crippen LogP contribution in [0.4, 0.5) is 11.4 Å². The van der Waals surface area contributed by atoms with Crippen LogP contribution in [0.1, 0.15) is 41.0 Å². The van der Waals surface area contributed by atoms with Crippen molar-refractivity contribution in [2.45, 2.75) is 53.2 Å². The number of hydrogen-bond acceptors (Lipinski definition) is 4.